The first-order chi connectivity index (χ1) is 11.0. The van der Waals surface area contributed by atoms with Crippen LogP contribution in [0.5, 0.6) is 0 Å². The van der Waals surface area contributed by atoms with Crippen molar-refractivity contribution in [3.8, 4) is 0 Å². The van der Waals surface area contributed by atoms with Crippen molar-refractivity contribution in [1.29, 1.82) is 0 Å². The highest BCUT2D eigenvalue weighted by atomic mass is 19.3. The summed E-state index contributed by atoms with van der Waals surface area (Å²) in [5.74, 6) is 1.21. The Morgan fingerprint density at radius 3 is 2.65 bits per heavy atom. The van der Waals surface area contributed by atoms with E-state index in [0.717, 1.165) is 5.76 Å². The number of alkyl halides is 2. The number of carbonyl (C=O) groups is 1. The lowest BCUT2D eigenvalue weighted by atomic mass is 9.95. The number of halogens is 2. The Labute approximate surface area is 135 Å². The lowest BCUT2D eigenvalue weighted by Gasteiger charge is -2.31. The molecule has 0 spiro atoms. The van der Waals surface area contributed by atoms with Gasteiger partial charge >= 0.3 is 0 Å². The van der Waals surface area contributed by atoms with Crippen LogP contribution in [0.1, 0.15) is 30.4 Å². The molecule has 0 aliphatic carbocycles. The number of nitrogens with one attached hydrogen (secondary N) is 1. The predicted octanol–water partition coefficient (Wildman–Crippen LogP) is 2.37. The molecule has 1 unspecified atom stereocenters. The quantitative estimate of drug-likeness (QED) is 0.834. The number of hydrogen-bond donors (Lipinski definition) is 1. The number of aryl methyl sites for hydroxylation is 1. The first-order valence-electron chi connectivity index (χ1n) is 7.85. The first-order valence-corrected chi connectivity index (χ1v) is 7.85. The van der Waals surface area contributed by atoms with Gasteiger partial charge in [-0.3, -0.25) is 9.69 Å². The fraction of sp³-hybridized carbons (Fsp3) is 0.688. The van der Waals surface area contributed by atoms with Crippen LogP contribution in [-0.4, -0.2) is 50.6 Å². The Morgan fingerprint density at radius 2 is 2.13 bits per heavy atom. The summed E-state index contributed by atoms with van der Waals surface area (Å²) in [6.07, 6.45) is -1.14. The second-order valence-corrected chi connectivity index (χ2v) is 5.93. The van der Waals surface area contributed by atoms with Crippen LogP contribution in [0.25, 0.3) is 0 Å². The molecule has 23 heavy (non-hydrogen) atoms. The maximum absolute atomic E-state index is 12.4. The van der Waals surface area contributed by atoms with E-state index in [-0.39, 0.29) is 24.4 Å². The molecule has 1 atom stereocenters. The molecule has 1 N–H and O–H groups in total. The molecular weight excluding hydrogens is 306 g/mol. The molecule has 7 heteroatoms. The third-order valence-electron chi connectivity index (χ3n) is 4.11. The fourth-order valence-electron chi connectivity index (χ4n) is 2.86. The Hall–Kier alpha value is -1.47. The van der Waals surface area contributed by atoms with Gasteiger partial charge in [0.05, 0.1) is 13.2 Å². The van der Waals surface area contributed by atoms with E-state index < -0.39 is 6.43 Å². The number of hydrogen-bond acceptors (Lipinski definition) is 4. The lowest BCUT2D eigenvalue weighted by molar-refractivity contribution is -0.127. The van der Waals surface area contributed by atoms with Gasteiger partial charge in [-0.1, -0.05) is 0 Å². The summed E-state index contributed by atoms with van der Waals surface area (Å²) < 4.78 is 35.5. The number of ether oxygens (including phenoxy) is 1. The maximum atomic E-state index is 12.4. The molecule has 5 nitrogen and oxygen atoms in total. The highest BCUT2D eigenvalue weighted by Crippen LogP contribution is 2.21. The number of carbonyl (C=O) groups excluding carboxylic acids is 1. The summed E-state index contributed by atoms with van der Waals surface area (Å²) in [6, 6.07) is 3.33. The number of nitrogens with zero attached hydrogens (tertiary/aromatic N) is 1. The maximum Gasteiger partial charge on any atom is 0.251 e. The van der Waals surface area contributed by atoms with Gasteiger partial charge in [-0.2, -0.15) is 0 Å². The zero-order chi connectivity index (χ0) is 16.8. The van der Waals surface area contributed by atoms with Crippen LogP contribution in [0.4, 0.5) is 8.78 Å². The largest absolute Gasteiger partial charge is 0.464 e. The highest BCUT2D eigenvalue weighted by Gasteiger charge is 2.28. The van der Waals surface area contributed by atoms with E-state index in [9.17, 15) is 13.6 Å². The Balaban J connectivity index is 1.87. The van der Waals surface area contributed by atoms with Crippen LogP contribution >= 0.6 is 0 Å². The molecule has 130 valence electrons. The topological polar surface area (TPSA) is 54.7 Å². The molecule has 1 aromatic heterocycles. The predicted molar refractivity (Wildman–Crippen MR) is 81.4 cm³/mol. The molecule has 1 amide bonds. The highest BCUT2D eigenvalue weighted by molar-refractivity contribution is 5.79. The molecule has 0 bridgehead atoms. The zero-order valence-corrected chi connectivity index (χ0v) is 13.6. The number of piperidine rings is 1. The van der Waals surface area contributed by atoms with Crippen molar-refractivity contribution >= 4 is 5.91 Å². The zero-order valence-electron chi connectivity index (χ0n) is 13.6. The van der Waals surface area contributed by atoms with E-state index >= 15 is 0 Å². The van der Waals surface area contributed by atoms with Gasteiger partial charge < -0.3 is 14.5 Å². The molecule has 1 saturated heterocycles. The summed E-state index contributed by atoms with van der Waals surface area (Å²) in [7, 11) is 1.57. The van der Waals surface area contributed by atoms with Crippen LogP contribution < -0.4 is 5.32 Å². The van der Waals surface area contributed by atoms with E-state index in [0.29, 0.717) is 38.3 Å². The van der Waals surface area contributed by atoms with Gasteiger partial charge in [0.2, 0.25) is 5.91 Å². The van der Waals surface area contributed by atoms with Crippen LogP contribution in [0.2, 0.25) is 0 Å². The molecule has 1 aliphatic heterocycles. The number of likely N-dealkylation sites (tertiary alicyclic amines) is 1. The van der Waals surface area contributed by atoms with Gasteiger partial charge in [-0.05, 0) is 45.0 Å². The van der Waals surface area contributed by atoms with E-state index in [4.69, 9.17) is 9.15 Å². The number of furan rings is 1. The SMILES string of the molecule is COCC(NC(=O)C1CCN(CC(F)F)CC1)c1ccc(C)o1. The van der Waals surface area contributed by atoms with Crippen LogP contribution in [0, 0.1) is 12.8 Å². The van der Waals surface area contributed by atoms with Crippen LogP contribution in [-0.2, 0) is 9.53 Å². The number of methoxy groups -OCH3 is 1. The van der Waals surface area contributed by atoms with Crippen LogP contribution in [0.3, 0.4) is 0 Å². The molecule has 2 rings (SSSR count). The van der Waals surface area contributed by atoms with Crippen molar-refractivity contribution in [3.05, 3.63) is 23.7 Å². The minimum Gasteiger partial charge on any atom is -0.464 e. The molecular formula is C16H24F2N2O3. The summed E-state index contributed by atoms with van der Waals surface area (Å²) in [5.41, 5.74) is 0. The average Bonchev–Trinajstić information content (AvgIpc) is 2.93. The van der Waals surface area contributed by atoms with Crippen molar-refractivity contribution < 1.29 is 22.7 Å². The monoisotopic (exact) mass is 330 g/mol. The molecule has 1 fully saturated rings. The molecule has 1 aromatic rings. The normalized spacial score (nSPS) is 18.3. The molecule has 1 aliphatic rings. The summed E-state index contributed by atoms with van der Waals surface area (Å²) in [4.78, 5) is 14.1. The first kappa shape index (κ1) is 17.9. The van der Waals surface area contributed by atoms with Gasteiger partial charge in [-0.25, -0.2) is 8.78 Å². The van der Waals surface area contributed by atoms with E-state index in [1.807, 2.05) is 19.1 Å². The van der Waals surface area contributed by atoms with Gasteiger partial charge in [0, 0.05) is 13.0 Å². The second kappa shape index (κ2) is 8.40. The van der Waals surface area contributed by atoms with Gasteiger partial charge in [0.1, 0.15) is 17.6 Å². The van der Waals surface area contributed by atoms with Crippen molar-refractivity contribution in [2.45, 2.75) is 32.2 Å². The molecule has 2 heterocycles. The minimum absolute atomic E-state index is 0.0715. The van der Waals surface area contributed by atoms with Crippen molar-refractivity contribution in [1.82, 2.24) is 10.2 Å². The van der Waals surface area contributed by atoms with Gasteiger partial charge in [0.15, 0.2) is 0 Å². The molecule has 0 saturated carbocycles. The molecule has 0 aromatic carbocycles. The third kappa shape index (κ3) is 5.28. The summed E-state index contributed by atoms with van der Waals surface area (Å²) >= 11 is 0. The smallest absolute Gasteiger partial charge is 0.251 e. The van der Waals surface area contributed by atoms with Crippen molar-refractivity contribution in [3.63, 3.8) is 0 Å². The summed E-state index contributed by atoms with van der Waals surface area (Å²) in [5, 5.41) is 2.95. The fourth-order valence-corrected chi connectivity index (χ4v) is 2.86. The second-order valence-electron chi connectivity index (χ2n) is 5.93. The van der Waals surface area contributed by atoms with Gasteiger partial charge in [0.25, 0.3) is 6.43 Å². The van der Waals surface area contributed by atoms with E-state index in [1.54, 1.807) is 12.0 Å². The number of amides is 1. The molecule has 0 radical (unpaired) electrons. The Morgan fingerprint density at radius 1 is 1.43 bits per heavy atom. The van der Waals surface area contributed by atoms with Crippen LogP contribution in [0.15, 0.2) is 16.5 Å². The Bertz CT molecular complexity index is 499. The van der Waals surface area contributed by atoms with E-state index in [2.05, 4.69) is 5.32 Å². The number of rotatable bonds is 7. The Kier molecular flexibility index (Phi) is 6.53. The third-order valence-corrected chi connectivity index (χ3v) is 4.11. The summed E-state index contributed by atoms with van der Waals surface area (Å²) in [6.45, 7) is 3.00. The lowest BCUT2D eigenvalue weighted by Crippen LogP contribution is -2.43. The van der Waals surface area contributed by atoms with Crippen molar-refractivity contribution in [2.75, 3.05) is 33.4 Å². The average molecular weight is 330 g/mol. The minimum atomic E-state index is -2.33. The standard InChI is InChI=1S/C16H24F2N2O3/c1-11-3-4-14(23-11)13(10-22-2)19-16(21)12-5-7-20(8-6-12)9-15(17)18/h3-4,12-13,15H,5-10H2,1-2H3,(H,19,21). The van der Waals surface area contributed by atoms with Gasteiger partial charge in [-0.15, -0.1) is 0 Å². The van der Waals surface area contributed by atoms with Crippen molar-refractivity contribution in [2.24, 2.45) is 5.92 Å². The van der Waals surface area contributed by atoms with E-state index in [1.165, 1.54) is 0 Å².